The van der Waals surface area contributed by atoms with Crippen LogP contribution in [0.15, 0.2) is 48.7 Å². The largest absolute Gasteiger partial charge is 0.372 e. The van der Waals surface area contributed by atoms with E-state index < -0.39 is 27.1 Å². The molecule has 7 heteroatoms. The molecule has 2 heterocycles. The molecule has 2 aliphatic rings. The zero-order valence-electron chi connectivity index (χ0n) is 16.4. The Hall–Kier alpha value is -2.15. The Morgan fingerprint density at radius 3 is 2.82 bits per heavy atom. The summed E-state index contributed by atoms with van der Waals surface area (Å²) in [4.78, 5) is 15.1. The molecule has 5 nitrogen and oxygen atoms in total. The van der Waals surface area contributed by atoms with Gasteiger partial charge in [0.1, 0.15) is 17.1 Å². The molecule has 0 bridgehead atoms. The van der Waals surface area contributed by atoms with E-state index in [1.54, 1.807) is 6.07 Å². The second-order valence-corrected chi connectivity index (χ2v) is 9.44. The smallest absolute Gasteiger partial charge is 0.243 e. The number of likely N-dealkylation sites (tertiary alicyclic amines) is 1. The highest BCUT2D eigenvalue weighted by Crippen LogP contribution is 2.44. The highest BCUT2D eigenvalue weighted by molar-refractivity contribution is 7.94. The van der Waals surface area contributed by atoms with Crippen LogP contribution < -0.4 is 4.31 Å². The zero-order valence-corrected chi connectivity index (χ0v) is 17.2. The quantitative estimate of drug-likeness (QED) is 0.701. The van der Waals surface area contributed by atoms with Gasteiger partial charge in [-0.3, -0.25) is 9.10 Å². The molecule has 0 N–H and O–H groups in total. The second-order valence-electron chi connectivity index (χ2n) is 7.63. The summed E-state index contributed by atoms with van der Waals surface area (Å²) in [5.41, 5.74) is 0.0658. The molecule has 2 atom stereocenters. The number of halogens is 1. The van der Waals surface area contributed by atoms with Crippen molar-refractivity contribution in [2.75, 3.05) is 16.6 Å². The topological polar surface area (TPSA) is 57.7 Å². The molecule has 2 saturated heterocycles. The molecule has 2 unspecified atom stereocenters. The standard InChI is InChI=1S/C21H27FN2O3S/c1-4-5-6-8-16(2)23-12-11-21(14-17(23)3)20(25)15-28(26,27)24(21)19-10-7-9-18(22)13-19/h4-5,7,9-10,13,17H,2,6,8,11-12,14-15H2,1,3H3. The number of carbonyl (C=O) groups excluding carboxylic acids is 1. The van der Waals surface area contributed by atoms with Crippen molar-refractivity contribution in [1.82, 2.24) is 4.90 Å². The number of nitrogens with zero attached hydrogens (tertiary/aromatic N) is 2. The van der Waals surface area contributed by atoms with Crippen molar-refractivity contribution >= 4 is 21.5 Å². The van der Waals surface area contributed by atoms with Crippen LogP contribution in [0, 0.1) is 5.82 Å². The Bertz CT molecular complexity index is 912. The van der Waals surface area contributed by atoms with Gasteiger partial charge in [0.2, 0.25) is 10.0 Å². The second kappa shape index (κ2) is 7.70. The monoisotopic (exact) mass is 406 g/mol. The van der Waals surface area contributed by atoms with Gasteiger partial charge >= 0.3 is 0 Å². The average molecular weight is 407 g/mol. The Morgan fingerprint density at radius 2 is 2.18 bits per heavy atom. The molecule has 1 aromatic carbocycles. The minimum atomic E-state index is -3.83. The van der Waals surface area contributed by atoms with E-state index in [2.05, 4.69) is 17.6 Å². The molecule has 1 aromatic rings. The van der Waals surface area contributed by atoms with Crippen molar-refractivity contribution in [2.24, 2.45) is 0 Å². The summed E-state index contributed by atoms with van der Waals surface area (Å²) in [6, 6.07) is 5.43. The zero-order chi connectivity index (χ0) is 20.5. The number of anilines is 1. The van der Waals surface area contributed by atoms with Crippen LogP contribution in [0.3, 0.4) is 0 Å². The van der Waals surface area contributed by atoms with Gasteiger partial charge in [-0.25, -0.2) is 12.8 Å². The number of hydrogen-bond donors (Lipinski definition) is 0. The molecule has 28 heavy (non-hydrogen) atoms. The predicted octanol–water partition coefficient (Wildman–Crippen LogP) is 3.64. The summed E-state index contributed by atoms with van der Waals surface area (Å²) in [5.74, 6) is -1.36. The molecule has 0 radical (unpaired) electrons. The van der Waals surface area contributed by atoms with E-state index in [0.29, 0.717) is 19.4 Å². The average Bonchev–Trinajstić information content (AvgIpc) is 2.80. The van der Waals surface area contributed by atoms with Crippen LogP contribution >= 0.6 is 0 Å². The minimum absolute atomic E-state index is 0.0415. The molecule has 0 saturated carbocycles. The summed E-state index contributed by atoms with van der Waals surface area (Å²) in [5, 5.41) is 0. The van der Waals surface area contributed by atoms with E-state index in [1.807, 2.05) is 19.9 Å². The number of rotatable bonds is 5. The van der Waals surface area contributed by atoms with Gasteiger partial charge in [-0.05, 0) is 57.7 Å². The maximum Gasteiger partial charge on any atom is 0.243 e. The number of allylic oxidation sites excluding steroid dienone is 3. The Morgan fingerprint density at radius 1 is 1.43 bits per heavy atom. The molecular formula is C21H27FN2O3S. The van der Waals surface area contributed by atoms with Crippen molar-refractivity contribution < 1.29 is 17.6 Å². The predicted molar refractivity (Wildman–Crippen MR) is 109 cm³/mol. The first-order valence-electron chi connectivity index (χ1n) is 9.59. The molecule has 0 aliphatic carbocycles. The summed E-state index contributed by atoms with van der Waals surface area (Å²) < 4.78 is 40.6. The first-order valence-corrected chi connectivity index (χ1v) is 11.2. The molecule has 0 amide bonds. The number of benzene rings is 1. The van der Waals surface area contributed by atoms with Crippen LogP contribution in [0.5, 0.6) is 0 Å². The third-order valence-electron chi connectivity index (χ3n) is 5.72. The SMILES string of the molecule is C=C(CCC=CC)N1CCC2(CC1C)C(=O)CS(=O)(=O)N2c1cccc(F)c1. The fourth-order valence-electron chi connectivity index (χ4n) is 4.45. The summed E-state index contributed by atoms with van der Waals surface area (Å²) >= 11 is 0. The number of carbonyl (C=O) groups is 1. The van der Waals surface area contributed by atoms with Gasteiger partial charge < -0.3 is 4.90 Å². The van der Waals surface area contributed by atoms with Gasteiger partial charge in [0, 0.05) is 18.3 Å². The van der Waals surface area contributed by atoms with E-state index in [1.165, 1.54) is 22.5 Å². The Balaban J connectivity index is 1.90. The van der Waals surface area contributed by atoms with Gasteiger partial charge in [-0.15, -0.1) is 0 Å². The lowest BCUT2D eigenvalue weighted by Crippen LogP contribution is -2.59. The van der Waals surface area contributed by atoms with Crippen LogP contribution in [0.1, 0.15) is 39.5 Å². The van der Waals surface area contributed by atoms with Gasteiger partial charge in [-0.1, -0.05) is 24.8 Å². The molecular weight excluding hydrogens is 379 g/mol. The molecule has 1 spiro atoms. The molecule has 3 rings (SSSR count). The van der Waals surface area contributed by atoms with E-state index >= 15 is 0 Å². The van der Waals surface area contributed by atoms with Crippen molar-refractivity contribution in [1.29, 1.82) is 0 Å². The molecule has 2 aliphatic heterocycles. The van der Waals surface area contributed by atoms with E-state index in [-0.39, 0.29) is 17.5 Å². The highest BCUT2D eigenvalue weighted by atomic mass is 32.2. The number of ketones is 1. The third-order valence-corrected chi connectivity index (χ3v) is 7.46. The van der Waals surface area contributed by atoms with E-state index in [4.69, 9.17) is 0 Å². The first-order chi connectivity index (χ1) is 13.2. The lowest BCUT2D eigenvalue weighted by molar-refractivity contribution is -0.122. The van der Waals surface area contributed by atoms with Gasteiger partial charge in [-0.2, -0.15) is 0 Å². The number of sulfonamides is 1. The fraction of sp³-hybridized carbons (Fsp3) is 0.476. The molecule has 2 fully saturated rings. The van der Waals surface area contributed by atoms with Gasteiger partial charge in [0.05, 0.1) is 5.69 Å². The normalized spacial score (nSPS) is 27.1. The summed E-state index contributed by atoms with van der Waals surface area (Å²) in [6.07, 6.45) is 6.54. The van der Waals surface area contributed by atoms with Crippen molar-refractivity contribution in [3.05, 3.63) is 54.5 Å². The van der Waals surface area contributed by atoms with Gasteiger partial charge in [0.15, 0.2) is 5.78 Å². The summed E-state index contributed by atoms with van der Waals surface area (Å²) in [6.45, 7) is 8.69. The van der Waals surface area contributed by atoms with Crippen LogP contribution in [-0.4, -0.2) is 43.0 Å². The fourth-order valence-corrected chi connectivity index (χ4v) is 6.41. The highest BCUT2D eigenvalue weighted by Gasteiger charge is 2.58. The Kier molecular flexibility index (Phi) is 5.66. The molecule has 0 aromatic heterocycles. The third kappa shape index (κ3) is 3.60. The lowest BCUT2D eigenvalue weighted by Gasteiger charge is -2.48. The van der Waals surface area contributed by atoms with Crippen molar-refractivity contribution in [3.63, 3.8) is 0 Å². The maximum absolute atomic E-state index is 13.8. The van der Waals surface area contributed by atoms with Crippen molar-refractivity contribution in [3.8, 4) is 0 Å². The number of Topliss-reactive ketones (excluding diaryl/α,β-unsaturated/α-hetero) is 1. The van der Waals surface area contributed by atoms with Crippen LogP contribution in [-0.2, 0) is 14.8 Å². The molecule has 152 valence electrons. The lowest BCUT2D eigenvalue weighted by atomic mass is 9.80. The van der Waals surface area contributed by atoms with E-state index in [0.717, 1.165) is 18.5 Å². The maximum atomic E-state index is 13.8. The first kappa shape index (κ1) is 20.6. The minimum Gasteiger partial charge on any atom is -0.372 e. The Labute approximate surface area is 166 Å². The summed E-state index contributed by atoms with van der Waals surface area (Å²) in [7, 11) is -3.83. The van der Waals surface area contributed by atoms with Gasteiger partial charge in [0.25, 0.3) is 0 Å². The van der Waals surface area contributed by atoms with E-state index in [9.17, 15) is 17.6 Å². The van der Waals surface area contributed by atoms with Crippen LogP contribution in [0.4, 0.5) is 10.1 Å². The van der Waals surface area contributed by atoms with Crippen LogP contribution in [0.25, 0.3) is 0 Å². The van der Waals surface area contributed by atoms with Crippen molar-refractivity contribution in [2.45, 2.75) is 51.1 Å². The number of hydrogen-bond acceptors (Lipinski definition) is 4. The number of piperidine rings is 1. The van der Waals surface area contributed by atoms with Crippen LogP contribution in [0.2, 0.25) is 0 Å².